The Bertz CT molecular complexity index is 1270. The highest BCUT2D eigenvalue weighted by atomic mass is 32.2. The number of aromatic nitrogens is 2. The zero-order valence-corrected chi connectivity index (χ0v) is 17.2. The first-order valence-electron chi connectivity index (χ1n) is 9.56. The molecular formula is C22H15N3O3S2. The molecule has 2 aromatic heterocycles. The summed E-state index contributed by atoms with van der Waals surface area (Å²) in [5.74, 6) is -1.81. The maximum atomic E-state index is 13.4. The van der Waals surface area contributed by atoms with Crippen molar-refractivity contribution >= 4 is 44.3 Å². The van der Waals surface area contributed by atoms with E-state index in [9.17, 15) is 9.59 Å². The Balaban J connectivity index is 1.72. The molecule has 1 aliphatic heterocycles. The van der Waals surface area contributed by atoms with Crippen LogP contribution in [0, 0.1) is 5.41 Å². The van der Waals surface area contributed by atoms with Gasteiger partial charge in [-0.15, -0.1) is 16.4 Å². The minimum absolute atomic E-state index is 0.355. The third-order valence-corrected chi connectivity index (χ3v) is 8.21. The van der Waals surface area contributed by atoms with Crippen LogP contribution in [0.2, 0.25) is 0 Å². The van der Waals surface area contributed by atoms with Gasteiger partial charge in [0.2, 0.25) is 0 Å². The van der Waals surface area contributed by atoms with Crippen molar-refractivity contribution in [2.24, 2.45) is 5.41 Å². The van der Waals surface area contributed by atoms with E-state index in [4.69, 9.17) is 4.84 Å². The molecule has 8 heteroatoms. The Morgan fingerprint density at radius 3 is 2.37 bits per heavy atom. The molecule has 0 radical (unpaired) electrons. The zero-order valence-electron chi connectivity index (χ0n) is 15.6. The lowest BCUT2D eigenvalue weighted by atomic mass is 9.56. The Morgan fingerprint density at radius 2 is 1.70 bits per heavy atom. The zero-order chi connectivity index (χ0) is 20.3. The third-order valence-electron chi connectivity index (χ3n) is 6.20. The van der Waals surface area contributed by atoms with E-state index in [1.807, 2.05) is 60.7 Å². The van der Waals surface area contributed by atoms with Crippen molar-refractivity contribution in [3.05, 3.63) is 82.2 Å². The van der Waals surface area contributed by atoms with Gasteiger partial charge in [-0.2, -0.15) is 5.48 Å². The van der Waals surface area contributed by atoms with Gasteiger partial charge in [0.1, 0.15) is 9.53 Å². The van der Waals surface area contributed by atoms with Crippen molar-refractivity contribution in [3.63, 3.8) is 0 Å². The number of rotatable bonds is 2. The summed E-state index contributed by atoms with van der Waals surface area (Å²) in [6, 6.07) is 19.5. The molecule has 2 aromatic carbocycles. The van der Waals surface area contributed by atoms with Gasteiger partial charge in [-0.3, -0.25) is 4.79 Å². The molecule has 2 aliphatic rings. The van der Waals surface area contributed by atoms with E-state index in [-0.39, 0.29) is 5.92 Å². The van der Waals surface area contributed by atoms with Crippen LogP contribution in [0.15, 0.2) is 60.7 Å². The van der Waals surface area contributed by atoms with Crippen LogP contribution in [0.25, 0.3) is 9.53 Å². The monoisotopic (exact) mass is 433 g/mol. The normalized spacial score (nSPS) is 25.3. The van der Waals surface area contributed by atoms with Crippen LogP contribution in [0.5, 0.6) is 0 Å². The highest BCUT2D eigenvalue weighted by Crippen LogP contribution is 2.60. The molecule has 4 aromatic rings. The average molecular weight is 434 g/mol. The smallest absolute Gasteiger partial charge is 0.339 e. The number of hydrogen-bond acceptors (Lipinski definition) is 7. The van der Waals surface area contributed by atoms with E-state index in [2.05, 4.69) is 15.1 Å². The van der Waals surface area contributed by atoms with Crippen LogP contribution in [0.1, 0.15) is 33.4 Å². The molecule has 0 saturated carbocycles. The van der Waals surface area contributed by atoms with Crippen LogP contribution in [0.3, 0.4) is 0 Å². The molecule has 3 atom stereocenters. The topological polar surface area (TPSA) is 81.2 Å². The minimum Gasteiger partial charge on any atom is -0.339 e. The van der Waals surface area contributed by atoms with Crippen molar-refractivity contribution in [1.29, 1.82) is 0 Å². The molecule has 6 nitrogen and oxygen atoms in total. The molecule has 3 heterocycles. The van der Waals surface area contributed by atoms with Gasteiger partial charge in [0.05, 0.1) is 0 Å². The highest BCUT2D eigenvalue weighted by Gasteiger charge is 2.66. The largest absolute Gasteiger partial charge is 0.349 e. The number of hydrogen-bond donors (Lipinski definition) is 1. The predicted octanol–water partition coefficient (Wildman–Crippen LogP) is 3.80. The second kappa shape index (κ2) is 6.45. The van der Waals surface area contributed by atoms with Crippen LogP contribution in [0.4, 0.5) is 0 Å². The standard InChI is InChI=1S/C22H15N3O3S2/c26-20-22(21(27)28-24-20)14(12-7-3-1-4-8-12)11-15-16(18-19(29-15)30-25-23-18)17(22)13-9-5-2-6-10-13/h1-10,14,17H,11H2,(H,24,26). The molecule has 1 amide bonds. The summed E-state index contributed by atoms with van der Waals surface area (Å²) in [4.78, 5) is 33.2. The molecule has 148 valence electrons. The van der Waals surface area contributed by atoms with Gasteiger partial charge >= 0.3 is 5.97 Å². The highest BCUT2D eigenvalue weighted by molar-refractivity contribution is 7.36. The van der Waals surface area contributed by atoms with E-state index in [0.29, 0.717) is 6.42 Å². The first-order valence-corrected chi connectivity index (χ1v) is 11.2. The number of carbonyl (C=O) groups is 2. The molecule has 1 saturated heterocycles. The van der Waals surface area contributed by atoms with Crippen molar-refractivity contribution in [1.82, 2.24) is 15.1 Å². The van der Waals surface area contributed by atoms with E-state index in [1.165, 1.54) is 11.5 Å². The SMILES string of the molecule is O=C1NOC(=O)C12C(c1ccccc1)Cc1sc3snnc3c1C2c1ccccc1. The fourth-order valence-electron chi connectivity index (χ4n) is 4.98. The average Bonchev–Trinajstić information content (AvgIpc) is 3.45. The van der Waals surface area contributed by atoms with Gasteiger partial charge in [0, 0.05) is 22.3 Å². The lowest BCUT2D eigenvalue weighted by Crippen LogP contribution is -2.49. The van der Waals surface area contributed by atoms with Gasteiger partial charge in [0.25, 0.3) is 5.91 Å². The number of thiophene rings is 1. The van der Waals surface area contributed by atoms with Crippen LogP contribution >= 0.6 is 22.9 Å². The Kier molecular flexibility index (Phi) is 3.81. The Labute approximate surface area is 179 Å². The minimum atomic E-state index is -1.41. The lowest BCUT2D eigenvalue weighted by molar-refractivity contribution is -0.152. The van der Waals surface area contributed by atoms with E-state index in [1.54, 1.807) is 11.3 Å². The number of hydroxylamine groups is 1. The number of nitrogens with one attached hydrogen (secondary N) is 1. The quantitative estimate of drug-likeness (QED) is 0.487. The summed E-state index contributed by atoms with van der Waals surface area (Å²) in [5, 5.41) is 4.37. The summed E-state index contributed by atoms with van der Waals surface area (Å²) in [6.45, 7) is 0. The predicted molar refractivity (Wildman–Crippen MR) is 113 cm³/mol. The van der Waals surface area contributed by atoms with Gasteiger partial charge in [-0.25, -0.2) is 4.79 Å². The van der Waals surface area contributed by atoms with Gasteiger partial charge in [0.15, 0.2) is 5.41 Å². The molecule has 3 unspecified atom stereocenters. The Morgan fingerprint density at radius 1 is 1.00 bits per heavy atom. The summed E-state index contributed by atoms with van der Waals surface area (Å²) in [6.07, 6.45) is 0.568. The molecular weight excluding hydrogens is 418 g/mol. The van der Waals surface area contributed by atoms with Crippen molar-refractivity contribution in [2.45, 2.75) is 18.3 Å². The fourth-order valence-corrected chi connectivity index (χ4v) is 7.01. The van der Waals surface area contributed by atoms with Gasteiger partial charge in [-0.1, -0.05) is 65.2 Å². The number of fused-ring (bicyclic) bond motifs is 3. The first kappa shape index (κ1) is 17.7. The number of benzene rings is 2. The molecule has 1 spiro atoms. The van der Waals surface area contributed by atoms with Gasteiger partial charge < -0.3 is 4.84 Å². The van der Waals surface area contributed by atoms with E-state index in [0.717, 1.165) is 31.1 Å². The van der Waals surface area contributed by atoms with Gasteiger partial charge in [-0.05, 0) is 29.1 Å². The molecule has 1 fully saturated rings. The molecule has 1 aliphatic carbocycles. The maximum absolute atomic E-state index is 13.4. The lowest BCUT2D eigenvalue weighted by Gasteiger charge is -2.42. The fraction of sp³-hybridized carbons (Fsp3) is 0.182. The maximum Gasteiger partial charge on any atom is 0.349 e. The summed E-state index contributed by atoms with van der Waals surface area (Å²) >= 11 is 3.01. The number of amides is 1. The molecule has 6 rings (SSSR count). The second-order valence-electron chi connectivity index (χ2n) is 7.55. The summed E-state index contributed by atoms with van der Waals surface area (Å²) < 4.78 is 5.12. The van der Waals surface area contributed by atoms with Crippen molar-refractivity contribution < 1.29 is 14.4 Å². The summed E-state index contributed by atoms with van der Waals surface area (Å²) in [5.41, 5.74) is 4.51. The molecule has 30 heavy (non-hydrogen) atoms. The second-order valence-corrected chi connectivity index (χ2v) is 9.67. The molecule has 1 N–H and O–H groups in total. The Hall–Kier alpha value is -3.10. The number of nitrogens with zero attached hydrogens (tertiary/aromatic N) is 2. The van der Waals surface area contributed by atoms with Crippen LogP contribution in [-0.2, 0) is 20.8 Å². The summed E-state index contributed by atoms with van der Waals surface area (Å²) in [7, 11) is 0. The number of carbonyl (C=O) groups excluding carboxylic acids is 2. The van der Waals surface area contributed by atoms with Crippen LogP contribution in [-0.4, -0.2) is 21.5 Å². The van der Waals surface area contributed by atoms with E-state index >= 15 is 0 Å². The van der Waals surface area contributed by atoms with Crippen molar-refractivity contribution in [2.75, 3.05) is 0 Å². The third kappa shape index (κ3) is 2.23. The van der Waals surface area contributed by atoms with Crippen LogP contribution < -0.4 is 5.48 Å². The van der Waals surface area contributed by atoms with E-state index < -0.39 is 23.2 Å². The first-order chi connectivity index (χ1) is 14.7. The van der Waals surface area contributed by atoms with Crippen molar-refractivity contribution in [3.8, 4) is 0 Å². The molecule has 0 bridgehead atoms.